The molecule has 0 amide bonds. The maximum atomic E-state index is 9.03. The van der Waals surface area contributed by atoms with E-state index in [1.807, 2.05) is 19.9 Å². The number of nitrogens with zero attached hydrogens (tertiary/aromatic N) is 1. The van der Waals surface area contributed by atoms with Crippen LogP contribution in [0.4, 0.5) is 0 Å². The van der Waals surface area contributed by atoms with E-state index >= 15 is 0 Å². The minimum absolute atomic E-state index is 0.492. The molecular formula is C12H14BrNO2. The molecule has 0 radical (unpaired) electrons. The molecule has 0 unspecified atom stereocenters. The van der Waals surface area contributed by atoms with Crippen LogP contribution in [-0.4, -0.2) is 13.2 Å². The predicted molar refractivity (Wildman–Crippen MR) is 65.8 cm³/mol. The standard InChI is InChI=1S/C12H14BrNO2/c1-3-5-16-12-9(8-14)6-10(13)7-11(12)15-4-2/h6-7H,3-5H2,1-2H3. The number of rotatable bonds is 5. The Kier molecular flexibility index (Phi) is 5.13. The van der Waals surface area contributed by atoms with Crippen LogP contribution in [0.1, 0.15) is 25.8 Å². The second-order valence-corrected chi connectivity index (χ2v) is 4.09. The highest BCUT2D eigenvalue weighted by Gasteiger charge is 2.12. The molecule has 0 atom stereocenters. The Hall–Kier alpha value is -1.21. The Morgan fingerprint density at radius 3 is 2.62 bits per heavy atom. The van der Waals surface area contributed by atoms with Gasteiger partial charge >= 0.3 is 0 Å². The van der Waals surface area contributed by atoms with E-state index in [-0.39, 0.29) is 0 Å². The van der Waals surface area contributed by atoms with E-state index in [2.05, 4.69) is 22.0 Å². The van der Waals surface area contributed by atoms with Crippen molar-refractivity contribution in [1.82, 2.24) is 0 Å². The summed E-state index contributed by atoms with van der Waals surface area (Å²) < 4.78 is 11.8. The van der Waals surface area contributed by atoms with E-state index in [1.54, 1.807) is 6.07 Å². The Bertz CT molecular complexity index is 399. The Morgan fingerprint density at radius 2 is 2.06 bits per heavy atom. The summed E-state index contributed by atoms with van der Waals surface area (Å²) in [4.78, 5) is 0. The van der Waals surface area contributed by atoms with Crippen LogP contribution in [0, 0.1) is 11.3 Å². The minimum atomic E-state index is 0.492. The van der Waals surface area contributed by atoms with E-state index in [9.17, 15) is 0 Å². The lowest BCUT2D eigenvalue weighted by molar-refractivity contribution is 0.276. The lowest BCUT2D eigenvalue weighted by Gasteiger charge is -2.13. The maximum absolute atomic E-state index is 9.03. The summed E-state index contributed by atoms with van der Waals surface area (Å²) in [7, 11) is 0. The fourth-order valence-corrected chi connectivity index (χ4v) is 1.70. The SMILES string of the molecule is CCCOc1c(C#N)cc(Br)cc1OCC. The van der Waals surface area contributed by atoms with Gasteiger partial charge in [-0.25, -0.2) is 0 Å². The first-order valence-corrected chi connectivity index (χ1v) is 6.01. The van der Waals surface area contributed by atoms with Crippen LogP contribution in [0.15, 0.2) is 16.6 Å². The monoisotopic (exact) mass is 283 g/mol. The molecule has 16 heavy (non-hydrogen) atoms. The molecule has 0 N–H and O–H groups in total. The molecule has 1 rings (SSSR count). The van der Waals surface area contributed by atoms with Gasteiger partial charge in [0.15, 0.2) is 11.5 Å². The summed E-state index contributed by atoms with van der Waals surface area (Å²) in [6.07, 6.45) is 0.895. The number of hydrogen-bond donors (Lipinski definition) is 0. The molecule has 1 aromatic rings. The highest BCUT2D eigenvalue weighted by Crippen LogP contribution is 2.34. The first-order valence-electron chi connectivity index (χ1n) is 5.22. The maximum Gasteiger partial charge on any atom is 0.178 e. The Morgan fingerprint density at radius 1 is 1.31 bits per heavy atom. The van der Waals surface area contributed by atoms with Crippen molar-refractivity contribution in [3.8, 4) is 17.6 Å². The molecule has 0 saturated heterocycles. The van der Waals surface area contributed by atoms with Crippen LogP contribution in [0.3, 0.4) is 0 Å². The van der Waals surface area contributed by atoms with Crippen molar-refractivity contribution in [1.29, 1.82) is 5.26 Å². The summed E-state index contributed by atoms with van der Waals surface area (Å²) in [6, 6.07) is 5.65. The van der Waals surface area contributed by atoms with Gasteiger partial charge in [-0.05, 0) is 25.5 Å². The van der Waals surface area contributed by atoms with Crippen LogP contribution in [-0.2, 0) is 0 Å². The van der Waals surface area contributed by atoms with E-state index in [0.717, 1.165) is 10.9 Å². The summed E-state index contributed by atoms with van der Waals surface area (Å²) in [5.74, 6) is 1.15. The van der Waals surface area contributed by atoms with Crippen molar-refractivity contribution in [2.45, 2.75) is 20.3 Å². The molecule has 0 bridgehead atoms. The topological polar surface area (TPSA) is 42.2 Å². The van der Waals surface area contributed by atoms with Gasteiger partial charge in [-0.1, -0.05) is 22.9 Å². The van der Waals surface area contributed by atoms with Crippen molar-refractivity contribution in [3.63, 3.8) is 0 Å². The largest absolute Gasteiger partial charge is 0.490 e. The normalized spacial score (nSPS) is 9.62. The molecule has 0 aliphatic rings. The molecule has 0 aliphatic carbocycles. The fraction of sp³-hybridized carbons (Fsp3) is 0.417. The third-order valence-corrected chi connectivity index (χ3v) is 2.35. The van der Waals surface area contributed by atoms with Gasteiger partial charge in [0, 0.05) is 4.47 Å². The second kappa shape index (κ2) is 6.39. The van der Waals surface area contributed by atoms with E-state index in [1.165, 1.54) is 0 Å². The third kappa shape index (κ3) is 3.14. The zero-order chi connectivity index (χ0) is 12.0. The summed E-state index contributed by atoms with van der Waals surface area (Å²) in [5, 5.41) is 9.03. The van der Waals surface area contributed by atoms with E-state index in [0.29, 0.717) is 30.3 Å². The van der Waals surface area contributed by atoms with Crippen LogP contribution < -0.4 is 9.47 Å². The smallest absolute Gasteiger partial charge is 0.178 e. The minimum Gasteiger partial charge on any atom is -0.490 e. The van der Waals surface area contributed by atoms with Gasteiger partial charge in [0.25, 0.3) is 0 Å². The van der Waals surface area contributed by atoms with E-state index < -0.39 is 0 Å². The molecule has 86 valence electrons. The average molecular weight is 284 g/mol. The fourth-order valence-electron chi connectivity index (χ4n) is 1.27. The average Bonchev–Trinajstić information content (AvgIpc) is 2.27. The van der Waals surface area contributed by atoms with Crippen molar-refractivity contribution in [2.75, 3.05) is 13.2 Å². The number of halogens is 1. The zero-order valence-electron chi connectivity index (χ0n) is 9.42. The second-order valence-electron chi connectivity index (χ2n) is 3.17. The molecule has 1 aromatic carbocycles. The van der Waals surface area contributed by atoms with Gasteiger partial charge in [0.2, 0.25) is 0 Å². The number of nitriles is 1. The molecule has 3 nitrogen and oxygen atoms in total. The van der Waals surface area contributed by atoms with Crippen LogP contribution in [0.25, 0.3) is 0 Å². The first-order chi connectivity index (χ1) is 7.72. The lowest BCUT2D eigenvalue weighted by Crippen LogP contribution is -2.02. The van der Waals surface area contributed by atoms with Crippen molar-refractivity contribution in [3.05, 3.63) is 22.2 Å². The number of hydrogen-bond acceptors (Lipinski definition) is 3. The van der Waals surface area contributed by atoms with Crippen LogP contribution >= 0.6 is 15.9 Å². The van der Waals surface area contributed by atoms with Crippen molar-refractivity contribution in [2.24, 2.45) is 0 Å². The highest BCUT2D eigenvalue weighted by molar-refractivity contribution is 9.10. The predicted octanol–water partition coefficient (Wildman–Crippen LogP) is 3.51. The molecular weight excluding hydrogens is 270 g/mol. The Balaban J connectivity index is 3.12. The number of ether oxygens (including phenoxy) is 2. The van der Waals surface area contributed by atoms with Crippen molar-refractivity contribution >= 4 is 15.9 Å². The number of benzene rings is 1. The van der Waals surface area contributed by atoms with Gasteiger partial charge < -0.3 is 9.47 Å². The summed E-state index contributed by atoms with van der Waals surface area (Å²) in [5.41, 5.74) is 0.492. The molecule has 0 aliphatic heterocycles. The van der Waals surface area contributed by atoms with Gasteiger partial charge in [0.05, 0.1) is 18.8 Å². The molecule has 4 heteroatoms. The highest BCUT2D eigenvalue weighted by atomic mass is 79.9. The Labute approximate surface area is 104 Å². The molecule has 0 saturated carbocycles. The van der Waals surface area contributed by atoms with Crippen molar-refractivity contribution < 1.29 is 9.47 Å². The van der Waals surface area contributed by atoms with Crippen LogP contribution in [0.2, 0.25) is 0 Å². The lowest BCUT2D eigenvalue weighted by atomic mass is 10.2. The molecule has 0 aromatic heterocycles. The quantitative estimate of drug-likeness (QED) is 0.831. The van der Waals surface area contributed by atoms with E-state index in [4.69, 9.17) is 14.7 Å². The molecule has 0 heterocycles. The van der Waals surface area contributed by atoms with Gasteiger partial charge in [-0.2, -0.15) is 5.26 Å². The summed E-state index contributed by atoms with van der Waals surface area (Å²) in [6.45, 7) is 5.04. The molecule has 0 spiro atoms. The first kappa shape index (κ1) is 12.9. The third-order valence-electron chi connectivity index (χ3n) is 1.89. The van der Waals surface area contributed by atoms with Gasteiger partial charge in [0.1, 0.15) is 6.07 Å². The van der Waals surface area contributed by atoms with Gasteiger partial charge in [-0.3, -0.25) is 0 Å². The van der Waals surface area contributed by atoms with Crippen LogP contribution in [0.5, 0.6) is 11.5 Å². The summed E-state index contributed by atoms with van der Waals surface area (Å²) >= 11 is 3.34. The van der Waals surface area contributed by atoms with Gasteiger partial charge in [-0.15, -0.1) is 0 Å². The molecule has 0 fully saturated rings. The zero-order valence-corrected chi connectivity index (χ0v) is 11.0.